The van der Waals surface area contributed by atoms with Gasteiger partial charge in [-0.15, -0.1) is 0 Å². The summed E-state index contributed by atoms with van der Waals surface area (Å²) >= 11 is 12.6. The zero-order valence-corrected chi connectivity index (χ0v) is 30.0. The number of rotatable bonds is 10. The number of carbonyl (C=O) groups excluding carboxylic acids is 1. The Hall–Kier alpha value is -3.62. The topological polar surface area (TPSA) is 106 Å². The highest BCUT2D eigenvalue weighted by Crippen LogP contribution is 2.45. The molecule has 1 fully saturated rings. The molecular weight excluding hydrogens is 669 g/mol. The van der Waals surface area contributed by atoms with Crippen LogP contribution >= 0.6 is 23.2 Å². The van der Waals surface area contributed by atoms with Gasteiger partial charge in [-0.05, 0) is 92.9 Å². The molecule has 0 aliphatic carbocycles. The first-order valence-corrected chi connectivity index (χ1v) is 18.9. The van der Waals surface area contributed by atoms with Crippen molar-refractivity contribution in [2.45, 2.75) is 44.7 Å². The minimum absolute atomic E-state index is 0.139. The molecule has 0 N–H and O–H groups in total. The highest BCUT2D eigenvalue weighted by molar-refractivity contribution is 7.90. The molecule has 0 unspecified atom stereocenters. The van der Waals surface area contributed by atoms with Crippen LogP contribution in [0.4, 0.5) is 4.79 Å². The van der Waals surface area contributed by atoms with Crippen LogP contribution in [-0.2, 0) is 15.3 Å². The Morgan fingerprint density at radius 3 is 2.15 bits per heavy atom. The number of urea groups is 1. The van der Waals surface area contributed by atoms with Crippen molar-refractivity contribution < 1.29 is 17.9 Å². The average molecular weight is 711 g/mol. The molecule has 1 saturated heterocycles. The number of benzene rings is 3. The zero-order chi connectivity index (χ0) is 34.6. The van der Waals surface area contributed by atoms with Crippen LogP contribution in [0.25, 0.3) is 0 Å². The maximum absolute atomic E-state index is 14.8. The lowest BCUT2D eigenvalue weighted by atomic mass is 9.85. The first kappa shape index (κ1) is 35.7. The number of amidine groups is 1. The standard InChI is InChI=1S/C36H41Cl2N5O4S/c1-5-47-31-22-27(21-28(23-31)36(2,3)24-39)34-40-32(25-7-11-29(37)12-8-25)33(26-9-13-30(38)14-10-26)43(34)35(44)42-18-16-41(17-19-42)15-6-20-48(4,45)46/h7-14,21-23,32-33H,5-6,15-20H2,1-4H3/t32-,33+/m0/s1. The van der Waals surface area contributed by atoms with E-state index in [1.807, 2.05) is 92.4 Å². The summed E-state index contributed by atoms with van der Waals surface area (Å²) in [6.07, 6.45) is 1.80. The highest BCUT2D eigenvalue weighted by Gasteiger charge is 2.44. The summed E-state index contributed by atoms with van der Waals surface area (Å²) in [5, 5.41) is 11.2. The van der Waals surface area contributed by atoms with Gasteiger partial charge in [-0.3, -0.25) is 14.8 Å². The molecule has 0 radical (unpaired) electrons. The molecule has 3 aromatic carbocycles. The lowest BCUT2D eigenvalue weighted by Crippen LogP contribution is -2.54. The monoisotopic (exact) mass is 709 g/mol. The Morgan fingerprint density at radius 2 is 1.58 bits per heavy atom. The fourth-order valence-corrected chi connectivity index (χ4v) is 7.04. The summed E-state index contributed by atoms with van der Waals surface area (Å²) in [5.41, 5.74) is 2.35. The minimum atomic E-state index is -3.03. The summed E-state index contributed by atoms with van der Waals surface area (Å²) < 4.78 is 29.3. The van der Waals surface area contributed by atoms with Crippen LogP contribution in [0.15, 0.2) is 71.7 Å². The zero-order valence-electron chi connectivity index (χ0n) is 27.7. The second-order valence-corrected chi connectivity index (χ2v) is 16.0. The predicted octanol–water partition coefficient (Wildman–Crippen LogP) is 6.91. The average Bonchev–Trinajstić information content (AvgIpc) is 3.45. The highest BCUT2D eigenvalue weighted by atomic mass is 35.5. The quantitative estimate of drug-likeness (QED) is 0.227. The molecule has 48 heavy (non-hydrogen) atoms. The third-order valence-electron chi connectivity index (χ3n) is 8.81. The second-order valence-electron chi connectivity index (χ2n) is 12.8. The van der Waals surface area contributed by atoms with Crippen molar-refractivity contribution >= 4 is 44.9 Å². The molecule has 0 bridgehead atoms. The molecule has 9 nitrogen and oxygen atoms in total. The Balaban J connectivity index is 1.59. The van der Waals surface area contributed by atoms with Gasteiger partial charge in [0.2, 0.25) is 0 Å². The predicted molar refractivity (Wildman–Crippen MR) is 191 cm³/mol. The van der Waals surface area contributed by atoms with Gasteiger partial charge in [0.1, 0.15) is 27.5 Å². The van der Waals surface area contributed by atoms with Gasteiger partial charge in [0.15, 0.2) is 0 Å². The van der Waals surface area contributed by atoms with Crippen LogP contribution in [0.3, 0.4) is 0 Å². The number of sulfone groups is 1. The summed E-state index contributed by atoms with van der Waals surface area (Å²) in [5.74, 6) is 1.20. The van der Waals surface area contributed by atoms with Crippen molar-refractivity contribution in [1.29, 1.82) is 5.26 Å². The van der Waals surface area contributed by atoms with Crippen molar-refractivity contribution in [3.8, 4) is 11.8 Å². The SMILES string of the molecule is CCOc1cc(C2=N[C@@H](c3ccc(Cl)cc3)[C@@H](c3ccc(Cl)cc3)N2C(=O)N2CCN(CCCS(C)(=O)=O)CC2)cc(C(C)(C)C#N)c1. The minimum Gasteiger partial charge on any atom is -0.494 e. The number of carbonyl (C=O) groups is 1. The van der Waals surface area contributed by atoms with E-state index < -0.39 is 27.3 Å². The van der Waals surface area contributed by atoms with E-state index in [0.29, 0.717) is 72.9 Å². The van der Waals surface area contributed by atoms with E-state index >= 15 is 0 Å². The van der Waals surface area contributed by atoms with E-state index in [1.54, 1.807) is 4.90 Å². The third-order valence-corrected chi connectivity index (χ3v) is 10.3. The first-order chi connectivity index (χ1) is 22.8. The molecule has 0 saturated carbocycles. The molecule has 2 heterocycles. The summed E-state index contributed by atoms with van der Waals surface area (Å²) in [4.78, 5) is 25.9. The molecule has 2 atom stereocenters. The lowest BCUT2D eigenvalue weighted by Gasteiger charge is -2.39. The van der Waals surface area contributed by atoms with E-state index in [0.717, 1.165) is 16.7 Å². The van der Waals surface area contributed by atoms with Crippen LogP contribution in [0.2, 0.25) is 10.0 Å². The summed E-state index contributed by atoms with van der Waals surface area (Å²) in [7, 11) is -3.03. The van der Waals surface area contributed by atoms with E-state index in [2.05, 4.69) is 11.0 Å². The summed E-state index contributed by atoms with van der Waals surface area (Å²) in [6, 6.07) is 21.9. The Kier molecular flexibility index (Phi) is 11.1. The van der Waals surface area contributed by atoms with Crippen molar-refractivity contribution in [2.24, 2.45) is 4.99 Å². The first-order valence-electron chi connectivity index (χ1n) is 16.1. The van der Waals surface area contributed by atoms with Crippen LogP contribution < -0.4 is 4.74 Å². The maximum Gasteiger partial charge on any atom is 0.326 e. The Labute approximate surface area is 293 Å². The van der Waals surface area contributed by atoms with Crippen molar-refractivity contribution in [1.82, 2.24) is 14.7 Å². The Bertz CT molecular complexity index is 1800. The van der Waals surface area contributed by atoms with Crippen LogP contribution in [0.1, 0.15) is 61.5 Å². The summed E-state index contributed by atoms with van der Waals surface area (Å²) in [6.45, 7) is 8.90. The smallest absolute Gasteiger partial charge is 0.326 e. The number of halogens is 2. The van der Waals surface area contributed by atoms with Gasteiger partial charge in [-0.2, -0.15) is 5.26 Å². The van der Waals surface area contributed by atoms with Crippen molar-refractivity contribution in [3.63, 3.8) is 0 Å². The number of piperazine rings is 1. The van der Waals surface area contributed by atoms with E-state index in [9.17, 15) is 18.5 Å². The number of hydrogen-bond acceptors (Lipinski definition) is 7. The number of amides is 2. The number of nitrogens with zero attached hydrogens (tertiary/aromatic N) is 5. The van der Waals surface area contributed by atoms with Crippen LogP contribution in [-0.4, -0.2) is 86.3 Å². The molecule has 12 heteroatoms. The van der Waals surface area contributed by atoms with E-state index in [1.165, 1.54) is 6.26 Å². The van der Waals surface area contributed by atoms with E-state index in [-0.39, 0.29) is 11.8 Å². The van der Waals surface area contributed by atoms with Crippen molar-refractivity contribution in [3.05, 3.63) is 99.0 Å². The van der Waals surface area contributed by atoms with Gasteiger partial charge in [0, 0.05) is 48.0 Å². The normalized spacial score (nSPS) is 18.8. The largest absolute Gasteiger partial charge is 0.494 e. The molecule has 2 aliphatic rings. The number of nitriles is 1. The molecule has 3 aromatic rings. The fraction of sp³-hybridized carbons (Fsp3) is 0.417. The Morgan fingerprint density at radius 1 is 0.979 bits per heavy atom. The van der Waals surface area contributed by atoms with Gasteiger partial charge >= 0.3 is 6.03 Å². The van der Waals surface area contributed by atoms with Crippen molar-refractivity contribution in [2.75, 3.05) is 51.3 Å². The molecule has 2 aliphatic heterocycles. The van der Waals surface area contributed by atoms with Gasteiger partial charge in [0.25, 0.3) is 0 Å². The van der Waals surface area contributed by atoms with Gasteiger partial charge in [-0.1, -0.05) is 47.5 Å². The van der Waals surface area contributed by atoms with Gasteiger partial charge < -0.3 is 9.64 Å². The molecule has 0 aromatic heterocycles. The number of hydrogen-bond donors (Lipinski definition) is 0. The third kappa shape index (κ3) is 8.32. The molecule has 254 valence electrons. The number of aliphatic imine (C=N–C) groups is 1. The molecule has 0 spiro atoms. The fourth-order valence-electron chi connectivity index (χ4n) is 6.14. The van der Waals surface area contributed by atoms with Crippen LogP contribution in [0.5, 0.6) is 5.75 Å². The lowest BCUT2D eigenvalue weighted by molar-refractivity contribution is 0.119. The molecular formula is C36H41Cl2N5O4S. The maximum atomic E-state index is 14.8. The van der Waals surface area contributed by atoms with Gasteiger partial charge in [0.05, 0.1) is 29.9 Å². The molecule has 2 amide bonds. The number of ether oxygens (including phenoxy) is 1. The second kappa shape index (κ2) is 14.9. The molecule has 5 rings (SSSR count). The van der Waals surface area contributed by atoms with Crippen LogP contribution in [0, 0.1) is 11.3 Å². The van der Waals surface area contributed by atoms with Gasteiger partial charge in [-0.25, -0.2) is 13.2 Å². The van der Waals surface area contributed by atoms with E-state index in [4.69, 9.17) is 32.9 Å².